The smallest absolute Gasteiger partial charge is 0.251 e. The number of hydrogen-bond donors (Lipinski definition) is 1. The largest absolute Gasteiger partial charge is 0.497 e. The van der Waals surface area contributed by atoms with Crippen LogP contribution < -0.4 is 14.8 Å². The first-order valence-electron chi connectivity index (χ1n) is 8.61. The summed E-state index contributed by atoms with van der Waals surface area (Å²) in [6.45, 7) is 1.79. The number of amides is 1. The summed E-state index contributed by atoms with van der Waals surface area (Å²) >= 11 is 3.48. The van der Waals surface area contributed by atoms with Gasteiger partial charge in [0, 0.05) is 18.7 Å². The van der Waals surface area contributed by atoms with Crippen molar-refractivity contribution in [1.29, 1.82) is 0 Å². The fourth-order valence-corrected chi connectivity index (χ4v) is 3.24. The van der Waals surface area contributed by atoms with Gasteiger partial charge < -0.3 is 19.5 Å². The van der Waals surface area contributed by atoms with Crippen LogP contribution in [0.15, 0.2) is 46.9 Å². The molecule has 1 fully saturated rings. The fraction of sp³-hybridized carbons (Fsp3) is 0.350. The van der Waals surface area contributed by atoms with Crippen LogP contribution in [0.3, 0.4) is 0 Å². The number of rotatable bonds is 7. The lowest BCUT2D eigenvalue weighted by atomic mass is 10.2. The fourth-order valence-electron chi connectivity index (χ4n) is 2.75. The summed E-state index contributed by atoms with van der Waals surface area (Å²) in [7, 11) is 1.63. The number of ether oxygens (including phenoxy) is 3. The van der Waals surface area contributed by atoms with Gasteiger partial charge in [-0.15, -0.1) is 0 Å². The Hall–Kier alpha value is -2.05. The predicted octanol–water partition coefficient (Wildman–Crippen LogP) is 3.95. The van der Waals surface area contributed by atoms with E-state index in [-0.39, 0.29) is 12.0 Å². The molecular formula is C20H22BrNO4. The summed E-state index contributed by atoms with van der Waals surface area (Å²) in [4.78, 5) is 12.4. The van der Waals surface area contributed by atoms with Gasteiger partial charge in [-0.3, -0.25) is 4.79 Å². The summed E-state index contributed by atoms with van der Waals surface area (Å²) in [6.07, 6.45) is 2.28. The van der Waals surface area contributed by atoms with Gasteiger partial charge in [0.05, 0.1) is 17.7 Å². The Labute approximate surface area is 161 Å². The number of halogens is 1. The number of hydrogen-bond acceptors (Lipinski definition) is 4. The highest BCUT2D eigenvalue weighted by atomic mass is 79.9. The number of benzene rings is 2. The highest BCUT2D eigenvalue weighted by Gasteiger charge is 2.17. The van der Waals surface area contributed by atoms with Crippen LogP contribution in [0.5, 0.6) is 11.5 Å². The third kappa shape index (κ3) is 4.99. The highest BCUT2D eigenvalue weighted by molar-refractivity contribution is 9.10. The Bertz CT molecular complexity index is 742. The van der Waals surface area contributed by atoms with E-state index in [9.17, 15) is 4.79 Å². The standard InChI is InChI=1S/C20H22BrNO4/c1-24-16-7-4-14(5-8-16)12-22-20(23)15-6-9-19(18(21)11-15)26-13-17-3-2-10-25-17/h4-9,11,17H,2-3,10,12-13H2,1H3,(H,22,23). The number of methoxy groups -OCH3 is 1. The van der Waals surface area contributed by atoms with E-state index in [1.54, 1.807) is 25.3 Å². The molecule has 26 heavy (non-hydrogen) atoms. The van der Waals surface area contributed by atoms with Crippen molar-refractivity contribution < 1.29 is 19.0 Å². The van der Waals surface area contributed by atoms with Gasteiger partial charge in [0.1, 0.15) is 18.1 Å². The second-order valence-electron chi connectivity index (χ2n) is 6.12. The molecule has 0 bridgehead atoms. The van der Waals surface area contributed by atoms with Crippen LogP contribution in [0.25, 0.3) is 0 Å². The molecule has 1 aliphatic heterocycles. The lowest BCUT2D eigenvalue weighted by molar-refractivity contribution is 0.0677. The third-order valence-corrected chi connectivity index (χ3v) is 4.87. The third-order valence-electron chi connectivity index (χ3n) is 4.25. The number of carbonyl (C=O) groups is 1. The van der Waals surface area contributed by atoms with Gasteiger partial charge in [0.2, 0.25) is 0 Å². The molecule has 0 radical (unpaired) electrons. The molecule has 1 aliphatic rings. The maximum absolute atomic E-state index is 12.4. The summed E-state index contributed by atoms with van der Waals surface area (Å²) in [5.41, 5.74) is 1.59. The Morgan fingerprint density at radius 3 is 2.73 bits per heavy atom. The van der Waals surface area contributed by atoms with E-state index in [0.717, 1.165) is 35.2 Å². The first-order valence-corrected chi connectivity index (χ1v) is 9.40. The van der Waals surface area contributed by atoms with E-state index < -0.39 is 0 Å². The second-order valence-corrected chi connectivity index (χ2v) is 6.98. The van der Waals surface area contributed by atoms with Gasteiger partial charge in [-0.1, -0.05) is 12.1 Å². The molecule has 2 aromatic rings. The van der Waals surface area contributed by atoms with Gasteiger partial charge >= 0.3 is 0 Å². The quantitative estimate of drug-likeness (QED) is 0.737. The van der Waals surface area contributed by atoms with Crippen molar-refractivity contribution in [2.75, 3.05) is 20.3 Å². The van der Waals surface area contributed by atoms with Crippen molar-refractivity contribution in [3.63, 3.8) is 0 Å². The van der Waals surface area contributed by atoms with Gasteiger partial charge in [-0.2, -0.15) is 0 Å². The summed E-state index contributed by atoms with van der Waals surface area (Å²) < 4.78 is 17.2. The molecular weight excluding hydrogens is 398 g/mol. The molecule has 1 N–H and O–H groups in total. The molecule has 3 rings (SSSR count). The van der Waals surface area contributed by atoms with Crippen molar-refractivity contribution in [2.45, 2.75) is 25.5 Å². The molecule has 2 aromatic carbocycles. The van der Waals surface area contributed by atoms with Crippen LogP contribution in [-0.4, -0.2) is 32.3 Å². The van der Waals surface area contributed by atoms with Crippen molar-refractivity contribution in [3.8, 4) is 11.5 Å². The van der Waals surface area contributed by atoms with Crippen molar-refractivity contribution >= 4 is 21.8 Å². The monoisotopic (exact) mass is 419 g/mol. The first kappa shape index (κ1) is 18.7. The summed E-state index contributed by atoms with van der Waals surface area (Å²) in [5, 5.41) is 2.91. The normalized spacial score (nSPS) is 16.3. The topological polar surface area (TPSA) is 56.8 Å². The van der Waals surface area contributed by atoms with E-state index in [1.165, 1.54) is 0 Å². The van der Waals surface area contributed by atoms with E-state index in [2.05, 4.69) is 21.2 Å². The van der Waals surface area contributed by atoms with Crippen LogP contribution in [0.1, 0.15) is 28.8 Å². The van der Waals surface area contributed by atoms with Gasteiger partial charge in [0.25, 0.3) is 5.91 Å². The van der Waals surface area contributed by atoms with Crippen LogP contribution in [0.2, 0.25) is 0 Å². The van der Waals surface area contributed by atoms with E-state index in [1.807, 2.05) is 24.3 Å². The summed E-state index contributed by atoms with van der Waals surface area (Å²) in [5.74, 6) is 1.38. The maximum atomic E-state index is 12.4. The van der Waals surface area contributed by atoms with Crippen molar-refractivity contribution in [2.24, 2.45) is 0 Å². The van der Waals surface area contributed by atoms with E-state index >= 15 is 0 Å². The molecule has 5 nitrogen and oxygen atoms in total. The van der Waals surface area contributed by atoms with Crippen LogP contribution >= 0.6 is 15.9 Å². The lowest BCUT2D eigenvalue weighted by Gasteiger charge is -2.13. The molecule has 0 aromatic heterocycles. The first-order chi connectivity index (χ1) is 12.7. The zero-order valence-corrected chi connectivity index (χ0v) is 16.3. The van der Waals surface area contributed by atoms with Crippen molar-refractivity contribution in [3.05, 3.63) is 58.1 Å². The lowest BCUT2D eigenvalue weighted by Crippen LogP contribution is -2.22. The van der Waals surface area contributed by atoms with Gasteiger partial charge in [0.15, 0.2) is 0 Å². The Morgan fingerprint density at radius 2 is 2.08 bits per heavy atom. The van der Waals surface area contributed by atoms with Crippen molar-refractivity contribution in [1.82, 2.24) is 5.32 Å². The molecule has 138 valence electrons. The molecule has 1 heterocycles. The molecule has 0 saturated carbocycles. The van der Waals surface area contributed by atoms with Crippen LogP contribution in [0.4, 0.5) is 0 Å². The Morgan fingerprint density at radius 1 is 1.27 bits per heavy atom. The van der Waals surface area contributed by atoms with E-state index in [0.29, 0.717) is 24.5 Å². The number of carbonyl (C=O) groups excluding carboxylic acids is 1. The van der Waals surface area contributed by atoms with E-state index in [4.69, 9.17) is 14.2 Å². The predicted molar refractivity (Wildman–Crippen MR) is 103 cm³/mol. The number of nitrogens with one attached hydrogen (secondary N) is 1. The van der Waals surface area contributed by atoms with Gasteiger partial charge in [-0.25, -0.2) is 0 Å². The second kappa shape index (κ2) is 9.05. The Balaban J connectivity index is 1.54. The minimum Gasteiger partial charge on any atom is -0.497 e. The maximum Gasteiger partial charge on any atom is 0.251 e. The molecule has 1 unspecified atom stereocenters. The molecule has 1 saturated heterocycles. The molecule has 1 atom stereocenters. The van der Waals surface area contributed by atoms with Crippen LogP contribution in [-0.2, 0) is 11.3 Å². The zero-order valence-electron chi connectivity index (χ0n) is 14.7. The van der Waals surface area contributed by atoms with Gasteiger partial charge in [-0.05, 0) is 64.7 Å². The average molecular weight is 420 g/mol. The average Bonchev–Trinajstić information content (AvgIpc) is 3.19. The molecule has 0 spiro atoms. The molecule has 6 heteroatoms. The summed E-state index contributed by atoms with van der Waals surface area (Å²) in [6, 6.07) is 12.9. The minimum absolute atomic E-state index is 0.132. The molecule has 0 aliphatic carbocycles. The highest BCUT2D eigenvalue weighted by Crippen LogP contribution is 2.27. The Kier molecular flexibility index (Phi) is 6.52. The zero-order chi connectivity index (χ0) is 18.4. The van der Waals surface area contributed by atoms with Crippen LogP contribution in [0, 0.1) is 0 Å². The molecule has 1 amide bonds. The minimum atomic E-state index is -0.132. The SMILES string of the molecule is COc1ccc(CNC(=O)c2ccc(OCC3CCCO3)c(Br)c2)cc1.